The third kappa shape index (κ3) is 2.98. The molecule has 0 unspecified atom stereocenters. The Morgan fingerprint density at radius 1 is 1.12 bits per heavy atom. The molecule has 1 saturated heterocycles. The minimum absolute atomic E-state index is 0.0420. The molecule has 4 aromatic rings. The highest BCUT2D eigenvalue weighted by atomic mass is 16.5. The molecule has 1 aliphatic heterocycles. The number of benzene rings is 1. The maximum absolute atomic E-state index is 6.85. The average molecular weight is 458 g/mol. The Labute approximate surface area is 199 Å². The molecule has 8 nitrogen and oxygen atoms in total. The van der Waals surface area contributed by atoms with E-state index < -0.39 is 0 Å². The topological polar surface area (TPSA) is 86.5 Å². The Morgan fingerprint density at radius 3 is 2.62 bits per heavy atom. The van der Waals surface area contributed by atoms with Gasteiger partial charge in [0.05, 0.1) is 30.9 Å². The summed E-state index contributed by atoms with van der Waals surface area (Å²) in [5.41, 5.74) is 14.7. The van der Waals surface area contributed by atoms with E-state index in [0.717, 1.165) is 72.1 Å². The molecule has 0 amide bonds. The van der Waals surface area contributed by atoms with Crippen LogP contribution in [0.1, 0.15) is 41.4 Å². The Morgan fingerprint density at radius 2 is 1.91 bits per heavy atom. The lowest BCUT2D eigenvalue weighted by molar-refractivity contribution is 0.187. The number of rotatable bonds is 3. The van der Waals surface area contributed by atoms with Crippen molar-refractivity contribution in [2.24, 2.45) is 18.2 Å². The van der Waals surface area contributed by atoms with Gasteiger partial charge in [-0.2, -0.15) is 10.2 Å². The second-order valence-electron chi connectivity index (χ2n) is 9.83. The van der Waals surface area contributed by atoms with Gasteiger partial charge in [0.25, 0.3) is 0 Å². The molecular formula is C26H31N7O. The van der Waals surface area contributed by atoms with E-state index in [2.05, 4.69) is 47.1 Å². The van der Waals surface area contributed by atoms with Crippen LogP contribution >= 0.6 is 0 Å². The van der Waals surface area contributed by atoms with Crippen molar-refractivity contribution < 1.29 is 4.74 Å². The zero-order valence-corrected chi connectivity index (χ0v) is 20.2. The van der Waals surface area contributed by atoms with E-state index in [-0.39, 0.29) is 11.5 Å². The van der Waals surface area contributed by atoms with Crippen molar-refractivity contribution >= 4 is 11.3 Å². The van der Waals surface area contributed by atoms with E-state index in [1.807, 2.05) is 34.7 Å². The van der Waals surface area contributed by atoms with Gasteiger partial charge in [0.1, 0.15) is 11.3 Å². The quantitative estimate of drug-likeness (QED) is 0.506. The van der Waals surface area contributed by atoms with Crippen molar-refractivity contribution in [3.05, 3.63) is 59.2 Å². The van der Waals surface area contributed by atoms with Crippen molar-refractivity contribution in [2.45, 2.75) is 39.2 Å². The summed E-state index contributed by atoms with van der Waals surface area (Å²) in [6.07, 6.45) is 6.87. The van der Waals surface area contributed by atoms with Crippen molar-refractivity contribution in [2.75, 3.05) is 25.1 Å². The number of nitrogens with two attached hydrogens (primary N) is 1. The smallest absolute Gasteiger partial charge is 0.155 e. The lowest BCUT2D eigenvalue weighted by Gasteiger charge is -2.42. The molecule has 0 radical (unpaired) electrons. The van der Waals surface area contributed by atoms with Gasteiger partial charge < -0.3 is 15.4 Å². The van der Waals surface area contributed by atoms with Crippen molar-refractivity contribution in [1.29, 1.82) is 0 Å². The molecule has 1 aromatic carbocycles. The molecule has 2 aliphatic rings. The first-order chi connectivity index (χ1) is 16.4. The van der Waals surface area contributed by atoms with Crippen LogP contribution in [0.4, 0.5) is 5.82 Å². The largest absolute Gasteiger partial charge is 0.497 e. The van der Waals surface area contributed by atoms with Crippen molar-refractivity contribution in [1.82, 2.24) is 24.4 Å². The van der Waals surface area contributed by atoms with Gasteiger partial charge in [-0.25, -0.2) is 9.50 Å². The molecule has 8 heteroatoms. The third-order valence-electron chi connectivity index (χ3n) is 8.14. The highest BCUT2D eigenvalue weighted by Gasteiger charge is 2.46. The second kappa shape index (κ2) is 7.56. The van der Waals surface area contributed by atoms with Crippen molar-refractivity contribution in [3.8, 4) is 17.0 Å². The molecule has 1 aliphatic carbocycles. The van der Waals surface area contributed by atoms with Crippen LogP contribution in [-0.2, 0) is 13.5 Å². The number of fused-ring (bicyclic) bond motifs is 2. The van der Waals surface area contributed by atoms with Crippen LogP contribution in [0.5, 0.6) is 5.75 Å². The number of aromatic nitrogens is 5. The molecule has 0 saturated carbocycles. The summed E-state index contributed by atoms with van der Waals surface area (Å²) < 4.78 is 9.36. The van der Waals surface area contributed by atoms with Crippen molar-refractivity contribution in [3.63, 3.8) is 0 Å². The summed E-state index contributed by atoms with van der Waals surface area (Å²) in [7, 11) is 3.67. The summed E-state index contributed by atoms with van der Waals surface area (Å²) >= 11 is 0. The molecule has 2 N–H and O–H groups in total. The fourth-order valence-electron chi connectivity index (χ4n) is 5.97. The molecule has 176 valence electrons. The van der Waals surface area contributed by atoms with E-state index in [0.29, 0.717) is 0 Å². The predicted octanol–water partition coefficient (Wildman–Crippen LogP) is 3.60. The highest BCUT2D eigenvalue weighted by Crippen LogP contribution is 2.51. The zero-order chi connectivity index (χ0) is 23.6. The maximum Gasteiger partial charge on any atom is 0.155 e. The van der Waals surface area contributed by atoms with Crippen LogP contribution in [0.3, 0.4) is 0 Å². The van der Waals surface area contributed by atoms with E-state index in [1.165, 1.54) is 11.1 Å². The Balaban J connectivity index is 1.31. The molecule has 1 fully saturated rings. The Hall–Kier alpha value is -3.39. The summed E-state index contributed by atoms with van der Waals surface area (Å²) in [6.45, 7) is 6.00. The van der Waals surface area contributed by atoms with E-state index >= 15 is 0 Å². The lowest BCUT2D eigenvalue weighted by atomic mass is 9.73. The summed E-state index contributed by atoms with van der Waals surface area (Å²) in [5.74, 6) is 1.89. The number of hydrogen-bond donors (Lipinski definition) is 1. The van der Waals surface area contributed by atoms with Gasteiger partial charge in [0, 0.05) is 37.4 Å². The Bertz CT molecular complexity index is 1390. The number of ether oxygens (including phenoxy) is 1. The maximum atomic E-state index is 6.85. The third-order valence-corrected chi connectivity index (χ3v) is 8.14. The van der Waals surface area contributed by atoms with Crippen LogP contribution in [0.25, 0.3) is 16.8 Å². The molecule has 4 heterocycles. The first-order valence-electron chi connectivity index (χ1n) is 11.9. The number of piperidine rings is 1. The molecule has 6 rings (SSSR count). The van der Waals surface area contributed by atoms with Gasteiger partial charge in [-0.1, -0.05) is 6.07 Å². The predicted molar refractivity (Wildman–Crippen MR) is 132 cm³/mol. The minimum Gasteiger partial charge on any atom is -0.497 e. The molecule has 1 spiro atoms. The fourth-order valence-corrected chi connectivity index (χ4v) is 5.97. The summed E-state index contributed by atoms with van der Waals surface area (Å²) in [4.78, 5) is 7.51. The standard InChI is InChI=1S/C26H31N7O/c1-16-23(21-15-29-31(3)17(21)2)33-22(7-10-28-33)25(30-16)32-11-8-26(9-12-32)14-18-5-6-19(34-4)13-20(18)24(26)27/h5-7,10,13,15,24H,8-9,11-12,14,27H2,1-4H3/t24-/m1/s1. The number of anilines is 1. The average Bonchev–Trinajstić information content (AvgIpc) is 3.52. The molecule has 34 heavy (non-hydrogen) atoms. The molecular weight excluding hydrogens is 426 g/mol. The normalized spacial score (nSPS) is 19.2. The molecule has 0 bridgehead atoms. The van der Waals surface area contributed by atoms with Gasteiger partial charge in [-0.3, -0.25) is 4.68 Å². The minimum atomic E-state index is 0.0420. The van der Waals surface area contributed by atoms with Crippen LogP contribution in [0.2, 0.25) is 0 Å². The first kappa shape index (κ1) is 21.2. The Kier molecular flexibility index (Phi) is 4.71. The number of aryl methyl sites for hydroxylation is 2. The molecule has 3 aromatic heterocycles. The second-order valence-corrected chi connectivity index (χ2v) is 9.83. The highest BCUT2D eigenvalue weighted by molar-refractivity contribution is 5.76. The fraction of sp³-hybridized carbons (Fsp3) is 0.423. The molecule has 1 atom stereocenters. The van der Waals surface area contributed by atoms with Crippen LogP contribution < -0.4 is 15.4 Å². The first-order valence-corrected chi connectivity index (χ1v) is 11.9. The van der Waals surface area contributed by atoms with E-state index in [1.54, 1.807) is 7.11 Å². The van der Waals surface area contributed by atoms with Crippen LogP contribution in [-0.4, -0.2) is 44.6 Å². The van der Waals surface area contributed by atoms with E-state index in [4.69, 9.17) is 15.5 Å². The monoisotopic (exact) mass is 457 g/mol. The van der Waals surface area contributed by atoms with Crippen LogP contribution in [0, 0.1) is 19.3 Å². The zero-order valence-electron chi connectivity index (χ0n) is 20.2. The SMILES string of the molecule is COc1ccc2c(c1)[C@@H](N)C1(CCN(c3nc(C)c(-c4cnn(C)c4C)n4nccc34)CC1)C2. The number of hydrogen-bond acceptors (Lipinski definition) is 6. The van der Waals surface area contributed by atoms with Gasteiger partial charge in [-0.15, -0.1) is 0 Å². The number of methoxy groups -OCH3 is 1. The van der Waals surface area contributed by atoms with E-state index in [9.17, 15) is 0 Å². The van der Waals surface area contributed by atoms with Crippen LogP contribution in [0.15, 0.2) is 36.7 Å². The van der Waals surface area contributed by atoms with Gasteiger partial charge in [-0.05, 0) is 67.9 Å². The summed E-state index contributed by atoms with van der Waals surface area (Å²) in [5, 5.41) is 9.10. The lowest BCUT2D eigenvalue weighted by Crippen LogP contribution is -2.44. The van der Waals surface area contributed by atoms with Gasteiger partial charge in [0.2, 0.25) is 0 Å². The van der Waals surface area contributed by atoms with Gasteiger partial charge in [0.15, 0.2) is 5.82 Å². The van der Waals surface area contributed by atoms with Gasteiger partial charge >= 0.3 is 0 Å². The summed E-state index contributed by atoms with van der Waals surface area (Å²) in [6, 6.07) is 8.47. The number of nitrogens with zero attached hydrogens (tertiary/aromatic N) is 6.